The van der Waals surface area contributed by atoms with E-state index in [1.54, 1.807) is 7.11 Å². The predicted octanol–water partition coefficient (Wildman–Crippen LogP) is 2.79. The third-order valence-corrected chi connectivity index (χ3v) is 5.34. The number of piperidine rings is 1. The summed E-state index contributed by atoms with van der Waals surface area (Å²) in [7, 11) is 1.69. The fourth-order valence-electron chi connectivity index (χ4n) is 3.83. The average Bonchev–Trinajstić information content (AvgIpc) is 3.16. The van der Waals surface area contributed by atoms with Crippen molar-refractivity contribution in [2.24, 2.45) is 0 Å². The van der Waals surface area contributed by atoms with E-state index in [9.17, 15) is 0 Å². The van der Waals surface area contributed by atoms with Crippen molar-refractivity contribution in [1.82, 2.24) is 9.97 Å². The van der Waals surface area contributed by atoms with E-state index in [1.807, 2.05) is 25.1 Å². The van der Waals surface area contributed by atoms with Gasteiger partial charge in [-0.3, -0.25) is 0 Å². The Hall–Kier alpha value is -2.38. The Labute approximate surface area is 166 Å². The molecule has 2 saturated heterocycles. The standard InChI is InChI=1S/C21H28N4O3/c1-16-23-19(22-9-6-17-4-3-5-18(14-17)26-2)15-20(24-16)25-10-7-21(8-11-25)27-12-13-28-21/h3-5,14-15H,6-13H2,1-2H3,(H,22,23,24). The normalized spacial score (nSPS) is 18.4. The van der Waals surface area contributed by atoms with E-state index in [2.05, 4.69) is 32.3 Å². The summed E-state index contributed by atoms with van der Waals surface area (Å²) >= 11 is 0. The molecule has 1 N–H and O–H groups in total. The Morgan fingerprint density at radius 3 is 2.68 bits per heavy atom. The highest BCUT2D eigenvalue weighted by Gasteiger charge is 2.40. The second kappa shape index (κ2) is 8.32. The molecule has 4 rings (SSSR count). The molecule has 28 heavy (non-hydrogen) atoms. The molecule has 0 radical (unpaired) electrons. The number of methoxy groups -OCH3 is 1. The first kappa shape index (κ1) is 19.0. The topological polar surface area (TPSA) is 68.7 Å². The Balaban J connectivity index is 1.36. The summed E-state index contributed by atoms with van der Waals surface area (Å²) < 4.78 is 16.9. The molecule has 7 heteroatoms. The van der Waals surface area contributed by atoms with Crippen molar-refractivity contribution in [2.75, 3.05) is 50.2 Å². The summed E-state index contributed by atoms with van der Waals surface area (Å²) in [5.74, 6) is 3.12. The molecule has 2 aliphatic heterocycles. The van der Waals surface area contributed by atoms with Crippen LogP contribution >= 0.6 is 0 Å². The number of hydrogen-bond donors (Lipinski definition) is 1. The summed E-state index contributed by atoms with van der Waals surface area (Å²) in [5.41, 5.74) is 1.23. The Kier molecular flexibility index (Phi) is 5.64. The lowest BCUT2D eigenvalue weighted by molar-refractivity contribution is -0.169. The van der Waals surface area contributed by atoms with Gasteiger partial charge in [0, 0.05) is 38.5 Å². The predicted molar refractivity (Wildman–Crippen MR) is 108 cm³/mol. The lowest BCUT2D eigenvalue weighted by Crippen LogP contribution is -2.45. The summed E-state index contributed by atoms with van der Waals surface area (Å²) in [6, 6.07) is 10.2. The van der Waals surface area contributed by atoms with Crippen molar-refractivity contribution in [3.05, 3.63) is 41.7 Å². The zero-order valence-electron chi connectivity index (χ0n) is 16.6. The summed E-state index contributed by atoms with van der Waals surface area (Å²) in [5, 5.41) is 3.43. The Bertz CT molecular complexity index is 798. The zero-order valence-corrected chi connectivity index (χ0v) is 16.6. The van der Waals surface area contributed by atoms with Crippen molar-refractivity contribution in [3.8, 4) is 5.75 Å². The van der Waals surface area contributed by atoms with Gasteiger partial charge in [-0.15, -0.1) is 0 Å². The molecule has 0 amide bonds. The molecule has 2 aliphatic rings. The van der Waals surface area contributed by atoms with Crippen LogP contribution in [0.5, 0.6) is 5.75 Å². The van der Waals surface area contributed by atoms with Crippen LogP contribution in [0.4, 0.5) is 11.6 Å². The third kappa shape index (κ3) is 4.36. The zero-order chi connectivity index (χ0) is 19.4. The van der Waals surface area contributed by atoms with Crippen LogP contribution in [0.1, 0.15) is 24.2 Å². The van der Waals surface area contributed by atoms with Crippen LogP contribution < -0.4 is 15.0 Å². The van der Waals surface area contributed by atoms with Crippen molar-refractivity contribution < 1.29 is 14.2 Å². The minimum atomic E-state index is -0.365. The fourth-order valence-corrected chi connectivity index (χ4v) is 3.83. The van der Waals surface area contributed by atoms with Crippen molar-refractivity contribution in [1.29, 1.82) is 0 Å². The number of anilines is 2. The van der Waals surface area contributed by atoms with Crippen LogP contribution in [-0.4, -0.2) is 55.7 Å². The van der Waals surface area contributed by atoms with Gasteiger partial charge in [0.2, 0.25) is 0 Å². The molecule has 2 fully saturated rings. The molecule has 0 atom stereocenters. The van der Waals surface area contributed by atoms with Crippen molar-refractivity contribution in [2.45, 2.75) is 32.0 Å². The molecule has 2 aromatic rings. The van der Waals surface area contributed by atoms with Gasteiger partial charge in [0.1, 0.15) is 23.2 Å². The van der Waals surface area contributed by atoms with Gasteiger partial charge >= 0.3 is 0 Å². The summed E-state index contributed by atoms with van der Waals surface area (Å²) in [6.45, 7) is 5.89. The van der Waals surface area contributed by atoms with Crippen LogP contribution in [0.15, 0.2) is 30.3 Å². The Morgan fingerprint density at radius 1 is 1.14 bits per heavy atom. The van der Waals surface area contributed by atoms with E-state index >= 15 is 0 Å². The van der Waals surface area contributed by atoms with E-state index in [4.69, 9.17) is 14.2 Å². The van der Waals surface area contributed by atoms with Gasteiger partial charge in [-0.25, -0.2) is 9.97 Å². The van der Waals surface area contributed by atoms with Crippen LogP contribution in [0.3, 0.4) is 0 Å². The van der Waals surface area contributed by atoms with Crippen LogP contribution in [0, 0.1) is 6.92 Å². The maximum Gasteiger partial charge on any atom is 0.171 e. The minimum absolute atomic E-state index is 0.365. The van der Waals surface area contributed by atoms with E-state index < -0.39 is 0 Å². The first-order valence-electron chi connectivity index (χ1n) is 9.91. The fraction of sp³-hybridized carbons (Fsp3) is 0.524. The van der Waals surface area contributed by atoms with Crippen molar-refractivity contribution >= 4 is 11.6 Å². The molecule has 3 heterocycles. The summed E-state index contributed by atoms with van der Waals surface area (Å²) in [6.07, 6.45) is 2.64. The second-order valence-corrected chi connectivity index (χ2v) is 7.28. The smallest absolute Gasteiger partial charge is 0.171 e. The average molecular weight is 384 g/mol. The van der Waals surface area contributed by atoms with Gasteiger partial charge < -0.3 is 24.4 Å². The van der Waals surface area contributed by atoms with Gasteiger partial charge in [0.05, 0.1) is 20.3 Å². The number of hydrogen-bond acceptors (Lipinski definition) is 7. The molecule has 1 aromatic carbocycles. The number of aryl methyl sites for hydroxylation is 1. The number of ether oxygens (including phenoxy) is 3. The molecular weight excluding hydrogens is 356 g/mol. The van der Waals surface area contributed by atoms with Crippen molar-refractivity contribution in [3.63, 3.8) is 0 Å². The highest BCUT2D eigenvalue weighted by molar-refractivity contribution is 5.50. The molecule has 0 bridgehead atoms. The third-order valence-electron chi connectivity index (χ3n) is 5.34. The van der Waals surface area contributed by atoms with Gasteiger partial charge in [-0.05, 0) is 31.0 Å². The molecule has 0 unspecified atom stereocenters. The lowest BCUT2D eigenvalue weighted by atomic mass is 10.0. The van der Waals surface area contributed by atoms with Gasteiger partial charge in [-0.1, -0.05) is 12.1 Å². The number of benzene rings is 1. The molecular formula is C21H28N4O3. The lowest BCUT2D eigenvalue weighted by Gasteiger charge is -2.38. The molecule has 0 aliphatic carbocycles. The quantitative estimate of drug-likeness (QED) is 0.821. The van der Waals surface area contributed by atoms with Crippen LogP contribution in [0.2, 0.25) is 0 Å². The van der Waals surface area contributed by atoms with Crippen LogP contribution in [-0.2, 0) is 15.9 Å². The second-order valence-electron chi connectivity index (χ2n) is 7.28. The molecule has 1 spiro atoms. The Morgan fingerprint density at radius 2 is 1.93 bits per heavy atom. The first-order valence-corrected chi connectivity index (χ1v) is 9.91. The highest BCUT2D eigenvalue weighted by Crippen LogP contribution is 2.33. The van der Waals surface area contributed by atoms with Gasteiger partial charge in [0.15, 0.2) is 5.79 Å². The van der Waals surface area contributed by atoms with Crippen LogP contribution in [0.25, 0.3) is 0 Å². The van der Waals surface area contributed by atoms with E-state index in [1.165, 1.54) is 5.56 Å². The SMILES string of the molecule is COc1cccc(CCNc2cc(N3CCC4(CC3)OCCO4)nc(C)n2)c1. The minimum Gasteiger partial charge on any atom is -0.497 e. The molecule has 0 saturated carbocycles. The van der Waals surface area contributed by atoms with E-state index in [0.717, 1.165) is 62.1 Å². The maximum atomic E-state index is 5.82. The molecule has 150 valence electrons. The largest absolute Gasteiger partial charge is 0.497 e. The molecule has 1 aromatic heterocycles. The maximum absolute atomic E-state index is 5.82. The highest BCUT2D eigenvalue weighted by atomic mass is 16.7. The summed E-state index contributed by atoms with van der Waals surface area (Å²) in [4.78, 5) is 11.5. The number of aromatic nitrogens is 2. The van der Waals surface area contributed by atoms with Gasteiger partial charge in [0.25, 0.3) is 0 Å². The number of nitrogens with zero attached hydrogens (tertiary/aromatic N) is 3. The monoisotopic (exact) mass is 384 g/mol. The van der Waals surface area contributed by atoms with Gasteiger partial charge in [-0.2, -0.15) is 0 Å². The number of rotatable bonds is 6. The molecule has 7 nitrogen and oxygen atoms in total. The van der Waals surface area contributed by atoms with E-state index in [0.29, 0.717) is 13.2 Å². The first-order chi connectivity index (χ1) is 13.7. The number of nitrogens with one attached hydrogen (secondary N) is 1. The van der Waals surface area contributed by atoms with E-state index in [-0.39, 0.29) is 5.79 Å².